The molecule has 0 fully saturated rings. The van der Waals surface area contributed by atoms with Crippen LogP contribution in [0.5, 0.6) is 11.5 Å². The maximum atomic E-state index is 13.0. The van der Waals surface area contributed by atoms with E-state index in [0.717, 1.165) is 12.1 Å². The molecule has 10 heteroatoms. The van der Waals surface area contributed by atoms with Crippen molar-refractivity contribution in [2.45, 2.75) is 4.75 Å². The van der Waals surface area contributed by atoms with E-state index in [0.29, 0.717) is 0 Å². The van der Waals surface area contributed by atoms with Crippen molar-refractivity contribution < 1.29 is 23.2 Å². The number of hydrogen-bond acceptors (Lipinski definition) is 4. The first kappa shape index (κ1) is 22.0. The van der Waals surface area contributed by atoms with Crippen LogP contribution >= 0.6 is 46.4 Å². The van der Waals surface area contributed by atoms with Crippen molar-refractivity contribution in [2.75, 3.05) is 0 Å². The van der Waals surface area contributed by atoms with Gasteiger partial charge in [0.1, 0.15) is 11.5 Å². The Balaban J connectivity index is 2.63. The van der Waals surface area contributed by atoms with Gasteiger partial charge in [-0.3, -0.25) is 4.55 Å². The lowest BCUT2D eigenvalue weighted by Crippen LogP contribution is -2.38. The molecule has 29 heavy (non-hydrogen) atoms. The summed E-state index contributed by atoms with van der Waals surface area (Å²) in [7, 11) is -5.10. The van der Waals surface area contributed by atoms with Gasteiger partial charge in [-0.1, -0.05) is 70.7 Å². The Morgan fingerprint density at radius 2 is 1.41 bits per heavy atom. The number of para-hydroxylation sites is 1. The average Bonchev–Trinajstić information content (AvgIpc) is 2.62. The van der Waals surface area contributed by atoms with E-state index in [4.69, 9.17) is 46.4 Å². The molecule has 1 atom stereocenters. The van der Waals surface area contributed by atoms with Crippen LogP contribution in [0.25, 0.3) is 0 Å². The minimum absolute atomic E-state index is 0.0442. The van der Waals surface area contributed by atoms with Crippen molar-refractivity contribution in [3.8, 4) is 11.5 Å². The van der Waals surface area contributed by atoms with Crippen LogP contribution in [-0.2, 0) is 14.9 Å². The van der Waals surface area contributed by atoms with E-state index in [2.05, 4.69) is 0 Å². The summed E-state index contributed by atoms with van der Waals surface area (Å²) in [6, 6.07) is 11.5. The quantitative estimate of drug-likeness (QED) is 0.239. The van der Waals surface area contributed by atoms with Crippen molar-refractivity contribution in [1.29, 1.82) is 0 Å². The smallest absolute Gasteiger partial charge is 0.283 e. The Labute approximate surface area is 186 Å². The van der Waals surface area contributed by atoms with Crippen molar-refractivity contribution in [2.24, 2.45) is 0 Å². The Morgan fingerprint density at radius 3 is 2.00 bits per heavy atom. The molecule has 0 aliphatic carbocycles. The fraction of sp³-hybridized carbons (Fsp3) is 0.0526. The predicted octanol–water partition coefficient (Wildman–Crippen LogP) is 5.89. The Bertz CT molecular complexity index is 1210. The summed E-state index contributed by atoms with van der Waals surface area (Å²) in [6.45, 7) is 0. The lowest BCUT2D eigenvalue weighted by Gasteiger charge is -2.34. The highest BCUT2D eigenvalue weighted by molar-refractivity contribution is 7.87. The molecule has 0 heterocycles. The summed E-state index contributed by atoms with van der Waals surface area (Å²) < 4.78 is 34.0. The van der Waals surface area contributed by atoms with Gasteiger partial charge in [0.15, 0.2) is 4.75 Å². The van der Waals surface area contributed by atoms with Crippen LogP contribution in [0.3, 0.4) is 0 Å². The molecule has 5 nitrogen and oxygen atoms in total. The van der Waals surface area contributed by atoms with E-state index in [9.17, 15) is 23.2 Å². The molecule has 0 saturated heterocycles. The van der Waals surface area contributed by atoms with Gasteiger partial charge in [0.05, 0.1) is 15.1 Å². The summed E-state index contributed by atoms with van der Waals surface area (Å²) >= 11 is 24.6. The summed E-state index contributed by atoms with van der Waals surface area (Å²) in [5.74, 6) is -0.756. The second-order valence-corrected chi connectivity index (χ2v) is 9.28. The maximum Gasteiger partial charge on any atom is 0.283 e. The summed E-state index contributed by atoms with van der Waals surface area (Å²) in [6.07, 6.45) is 0. The standard InChI is InChI=1S/C19H12Cl4O5S/c20-11-8-13(18(23)15(22)9-11)19(29(26,27)28,12-3-1-2-4-16(12)24)10-5-6-17(25)14(21)7-10/h1-9,24-25H,(H,26,27,28). The average molecular weight is 494 g/mol. The third-order valence-corrected chi connectivity index (χ3v) is 7.17. The van der Waals surface area contributed by atoms with E-state index in [-0.39, 0.29) is 42.5 Å². The molecule has 0 radical (unpaired) electrons. The number of halogens is 4. The molecule has 0 bridgehead atoms. The molecule has 0 aliphatic heterocycles. The van der Waals surface area contributed by atoms with Gasteiger partial charge < -0.3 is 10.2 Å². The number of hydrogen-bond donors (Lipinski definition) is 3. The van der Waals surface area contributed by atoms with E-state index in [1.54, 1.807) is 0 Å². The number of phenols is 2. The largest absolute Gasteiger partial charge is 0.508 e. The molecule has 0 spiro atoms. The first-order chi connectivity index (χ1) is 13.5. The van der Waals surface area contributed by atoms with Crippen LogP contribution in [0.4, 0.5) is 0 Å². The fourth-order valence-corrected chi connectivity index (χ4v) is 5.49. The molecule has 152 valence electrons. The summed E-state index contributed by atoms with van der Waals surface area (Å²) in [5.41, 5.74) is -0.531. The molecule has 0 aliphatic rings. The molecule has 3 rings (SSSR count). The van der Waals surface area contributed by atoms with Gasteiger partial charge in [-0.15, -0.1) is 0 Å². The third-order valence-electron chi connectivity index (χ3n) is 4.40. The monoisotopic (exact) mass is 492 g/mol. The summed E-state index contributed by atoms with van der Waals surface area (Å²) in [4.78, 5) is 0. The van der Waals surface area contributed by atoms with Gasteiger partial charge >= 0.3 is 0 Å². The van der Waals surface area contributed by atoms with E-state index in [1.807, 2.05) is 0 Å². The molecule has 0 saturated carbocycles. The SMILES string of the molecule is O=S(=O)(O)C(c1ccc(O)c(Cl)c1)(c1ccccc1O)c1cc(Cl)cc(Cl)c1Cl. The first-order valence-corrected chi connectivity index (χ1v) is 10.8. The van der Waals surface area contributed by atoms with Crippen LogP contribution in [0.2, 0.25) is 20.1 Å². The lowest BCUT2D eigenvalue weighted by molar-refractivity contribution is 0.440. The zero-order valence-corrected chi connectivity index (χ0v) is 18.1. The second-order valence-electron chi connectivity index (χ2n) is 6.09. The molecule has 3 aromatic rings. The number of phenolic OH excluding ortho intramolecular Hbond substituents is 2. The first-order valence-electron chi connectivity index (χ1n) is 7.89. The Hall–Kier alpha value is -1.67. The minimum atomic E-state index is -5.10. The van der Waals surface area contributed by atoms with Crippen LogP contribution < -0.4 is 0 Å². The topological polar surface area (TPSA) is 94.8 Å². The molecule has 0 aromatic heterocycles. The number of rotatable bonds is 4. The Kier molecular flexibility index (Phi) is 5.98. The predicted molar refractivity (Wildman–Crippen MR) is 114 cm³/mol. The van der Waals surface area contributed by atoms with Crippen LogP contribution in [0.1, 0.15) is 16.7 Å². The van der Waals surface area contributed by atoms with Gasteiger partial charge in [-0.2, -0.15) is 8.42 Å². The van der Waals surface area contributed by atoms with Crippen molar-refractivity contribution in [3.63, 3.8) is 0 Å². The third kappa shape index (κ3) is 3.65. The van der Waals surface area contributed by atoms with Crippen LogP contribution in [0, 0.1) is 0 Å². The highest BCUT2D eigenvalue weighted by Crippen LogP contribution is 2.51. The zero-order chi connectivity index (χ0) is 21.6. The van der Waals surface area contributed by atoms with Gasteiger partial charge in [0.2, 0.25) is 0 Å². The van der Waals surface area contributed by atoms with E-state index in [1.165, 1.54) is 42.5 Å². The highest BCUT2D eigenvalue weighted by Gasteiger charge is 2.51. The maximum absolute atomic E-state index is 13.0. The number of aromatic hydroxyl groups is 2. The molecular formula is C19H12Cl4O5S. The second kappa shape index (κ2) is 7.87. The van der Waals surface area contributed by atoms with Crippen molar-refractivity contribution in [3.05, 3.63) is 91.4 Å². The normalized spacial score (nSPS) is 13.8. The molecule has 0 amide bonds. The zero-order valence-electron chi connectivity index (χ0n) is 14.3. The lowest BCUT2D eigenvalue weighted by atomic mass is 9.83. The van der Waals surface area contributed by atoms with Crippen molar-refractivity contribution in [1.82, 2.24) is 0 Å². The fourth-order valence-electron chi connectivity index (χ4n) is 3.19. The van der Waals surface area contributed by atoms with Gasteiger partial charge in [0.25, 0.3) is 10.1 Å². The summed E-state index contributed by atoms with van der Waals surface area (Å²) in [5, 5.41) is 19.9. The van der Waals surface area contributed by atoms with E-state index >= 15 is 0 Å². The van der Waals surface area contributed by atoms with Gasteiger partial charge in [-0.05, 0) is 35.9 Å². The van der Waals surface area contributed by atoms with Crippen LogP contribution in [0.15, 0.2) is 54.6 Å². The van der Waals surface area contributed by atoms with Crippen LogP contribution in [-0.4, -0.2) is 23.2 Å². The van der Waals surface area contributed by atoms with Gasteiger partial charge in [-0.25, -0.2) is 0 Å². The highest BCUT2D eigenvalue weighted by atomic mass is 35.5. The van der Waals surface area contributed by atoms with Crippen molar-refractivity contribution >= 4 is 56.5 Å². The van der Waals surface area contributed by atoms with E-state index < -0.39 is 20.6 Å². The minimum Gasteiger partial charge on any atom is -0.508 e. The number of benzene rings is 3. The van der Waals surface area contributed by atoms with Gasteiger partial charge in [0, 0.05) is 16.1 Å². The molecule has 3 N–H and O–H groups in total. The Morgan fingerprint density at radius 1 is 0.759 bits per heavy atom. The molecular weight excluding hydrogens is 482 g/mol. The molecule has 1 unspecified atom stereocenters. The molecule has 3 aromatic carbocycles.